The second-order valence-electron chi connectivity index (χ2n) is 2.80. The van der Waals surface area contributed by atoms with Crippen molar-refractivity contribution in [1.82, 2.24) is 4.98 Å². The van der Waals surface area contributed by atoms with Gasteiger partial charge in [0.2, 0.25) is 11.8 Å². The average molecular weight is 280 g/mol. The van der Waals surface area contributed by atoms with Crippen molar-refractivity contribution in [3.05, 3.63) is 23.1 Å². The van der Waals surface area contributed by atoms with E-state index in [1.165, 1.54) is 0 Å². The summed E-state index contributed by atoms with van der Waals surface area (Å²) in [5.41, 5.74) is -1.64. The lowest BCUT2D eigenvalue weighted by molar-refractivity contribution is -0.276. The summed E-state index contributed by atoms with van der Waals surface area (Å²) in [6.45, 7) is 0. The fourth-order valence-corrected chi connectivity index (χ4v) is 1.30. The highest BCUT2D eigenvalue weighted by molar-refractivity contribution is 6.17. The Morgan fingerprint density at radius 3 is 2.35 bits per heavy atom. The van der Waals surface area contributed by atoms with Gasteiger partial charge >= 0.3 is 6.36 Å². The summed E-state index contributed by atoms with van der Waals surface area (Å²) in [5, 5.41) is 0. The maximum Gasteiger partial charge on any atom is 0.574 e. The number of nitrogens with zero attached hydrogens (tertiary/aromatic N) is 1. The van der Waals surface area contributed by atoms with E-state index in [2.05, 4.69) is 9.72 Å². The Morgan fingerprint density at radius 1 is 1.35 bits per heavy atom. The van der Waals surface area contributed by atoms with Crippen LogP contribution >= 0.6 is 11.6 Å². The first-order valence-corrected chi connectivity index (χ1v) is 4.57. The monoisotopic (exact) mass is 279 g/mol. The van der Waals surface area contributed by atoms with Gasteiger partial charge in [0.25, 0.3) is 6.43 Å². The molecule has 1 heterocycles. The molecule has 9 heteroatoms. The molecular formula is C8H4ClF6NO. The molecule has 0 aliphatic carbocycles. The Kier molecular flexibility index (Phi) is 4.07. The molecule has 0 fully saturated rings. The van der Waals surface area contributed by atoms with Crippen molar-refractivity contribution in [2.75, 3.05) is 0 Å². The van der Waals surface area contributed by atoms with Gasteiger partial charge in [-0.2, -0.15) is 9.37 Å². The molecule has 0 aromatic carbocycles. The third-order valence-corrected chi connectivity index (χ3v) is 1.94. The van der Waals surface area contributed by atoms with Crippen molar-refractivity contribution in [2.24, 2.45) is 0 Å². The zero-order chi connectivity index (χ0) is 13.2. The molecule has 0 radical (unpaired) electrons. The topological polar surface area (TPSA) is 22.1 Å². The number of alkyl halides is 6. The van der Waals surface area contributed by atoms with Crippen molar-refractivity contribution in [3.8, 4) is 5.88 Å². The van der Waals surface area contributed by atoms with Gasteiger partial charge in [0, 0.05) is 17.2 Å². The molecule has 0 N–H and O–H groups in total. The van der Waals surface area contributed by atoms with E-state index in [1.807, 2.05) is 0 Å². The van der Waals surface area contributed by atoms with Crippen molar-refractivity contribution in [2.45, 2.75) is 18.7 Å². The van der Waals surface area contributed by atoms with Gasteiger partial charge in [0.15, 0.2) is 0 Å². The molecule has 2 nitrogen and oxygen atoms in total. The minimum atomic E-state index is -5.14. The Morgan fingerprint density at radius 2 is 1.94 bits per heavy atom. The quantitative estimate of drug-likeness (QED) is 0.477. The highest BCUT2D eigenvalue weighted by Crippen LogP contribution is 2.30. The van der Waals surface area contributed by atoms with Crippen molar-refractivity contribution >= 4 is 11.6 Å². The van der Waals surface area contributed by atoms with Crippen molar-refractivity contribution in [1.29, 1.82) is 0 Å². The van der Waals surface area contributed by atoms with E-state index in [1.54, 1.807) is 0 Å². The highest BCUT2D eigenvalue weighted by Gasteiger charge is 2.33. The van der Waals surface area contributed by atoms with Crippen LogP contribution in [0, 0.1) is 5.95 Å². The standard InChI is InChI=1S/C8H4ClF6NO/c9-2-4-3(6(10)11)1-5(16-7(4)12)17-8(13,14)15/h1,6H,2H2. The first-order valence-electron chi connectivity index (χ1n) is 4.03. The van der Waals surface area contributed by atoms with Crippen LogP contribution in [0.1, 0.15) is 17.6 Å². The number of rotatable bonds is 3. The molecule has 0 bridgehead atoms. The van der Waals surface area contributed by atoms with Crippen molar-refractivity contribution < 1.29 is 31.1 Å². The molecule has 1 rings (SSSR count). The normalized spacial score (nSPS) is 12.0. The molecule has 0 aliphatic rings. The molecule has 1 aromatic heterocycles. The minimum Gasteiger partial charge on any atom is -0.388 e. The Labute approximate surface area is 96.2 Å². The summed E-state index contributed by atoms with van der Waals surface area (Å²) in [6, 6.07) is 0.305. The first kappa shape index (κ1) is 13.9. The lowest BCUT2D eigenvalue weighted by Gasteiger charge is -2.12. The van der Waals surface area contributed by atoms with E-state index >= 15 is 0 Å². The molecule has 0 atom stereocenters. The Bertz CT molecular complexity index is 408. The number of hydrogen-bond acceptors (Lipinski definition) is 2. The maximum absolute atomic E-state index is 13.1. The largest absolute Gasteiger partial charge is 0.574 e. The number of hydrogen-bond donors (Lipinski definition) is 0. The summed E-state index contributed by atoms with van der Waals surface area (Å²) >= 11 is 5.19. The maximum atomic E-state index is 13.1. The molecule has 1 aromatic rings. The van der Waals surface area contributed by atoms with Crippen LogP contribution in [-0.4, -0.2) is 11.3 Å². The van der Waals surface area contributed by atoms with E-state index in [-0.39, 0.29) is 0 Å². The van der Waals surface area contributed by atoms with Gasteiger partial charge < -0.3 is 4.74 Å². The van der Waals surface area contributed by atoms with Crippen LogP contribution in [0.5, 0.6) is 5.88 Å². The smallest absolute Gasteiger partial charge is 0.388 e. The Hall–Kier alpha value is -1.18. The molecule has 0 amide bonds. The molecule has 96 valence electrons. The number of ether oxygens (including phenoxy) is 1. The summed E-state index contributed by atoms with van der Waals surface area (Å²) < 4.78 is 76.5. The van der Waals surface area contributed by atoms with Gasteiger partial charge in [-0.3, -0.25) is 0 Å². The predicted molar refractivity (Wildman–Crippen MR) is 45.4 cm³/mol. The van der Waals surface area contributed by atoms with E-state index in [0.717, 1.165) is 0 Å². The fourth-order valence-electron chi connectivity index (χ4n) is 1.03. The molecular weight excluding hydrogens is 276 g/mol. The van der Waals surface area contributed by atoms with Crippen LogP contribution in [0.2, 0.25) is 0 Å². The van der Waals surface area contributed by atoms with Gasteiger partial charge in [-0.05, 0) is 0 Å². The molecule has 0 saturated heterocycles. The number of aromatic nitrogens is 1. The van der Waals surface area contributed by atoms with Crippen LogP contribution in [0.25, 0.3) is 0 Å². The van der Waals surface area contributed by atoms with E-state index in [9.17, 15) is 26.3 Å². The zero-order valence-corrected chi connectivity index (χ0v) is 8.62. The van der Waals surface area contributed by atoms with Crippen molar-refractivity contribution in [3.63, 3.8) is 0 Å². The predicted octanol–water partition coefficient (Wildman–Crippen LogP) is 3.80. The molecule has 17 heavy (non-hydrogen) atoms. The molecule has 0 saturated carbocycles. The SMILES string of the molecule is Fc1nc(OC(F)(F)F)cc(C(F)F)c1CCl. The third kappa shape index (κ3) is 3.65. The zero-order valence-electron chi connectivity index (χ0n) is 7.86. The third-order valence-electron chi connectivity index (χ3n) is 1.67. The van der Waals surface area contributed by atoms with E-state index < -0.39 is 41.6 Å². The summed E-state index contributed by atoms with van der Waals surface area (Å²) in [5.74, 6) is -3.44. The van der Waals surface area contributed by atoms with Crippen LogP contribution in [0.15, 0.2) is 6.07 Å². The van der Waals surface area contributed by atoms with Crippen LogP contribution < -0.4 is 4.74 Å². The highest BCUT2D eigenvalue weighted by atomic mass is 35.5. The van der Waals surface area contributed by atoms with Gasteiger partial charge in [0.05, 0.1) is 5.88 Å². The molecule has 0 unspecified atom stereocenters. The van der Waals surface area contributed by atoms with Gasteiger partial charge in [-0.15, -0.1) is 24.8 Å². The fraction of sp³-hybridized carbons (Fsp3) is 0.375. The van der Waals surface area contributed by atoms with Gasteiger partial charge in [-0.25, -0.2) is 8.78 Å². The van der Waals surface area contributed by atoms with Crippen LogP contribution in [0.3, 0.4) is 0 Å². The van der Waals surface area contributed by atoms with Crippen LogP contribution in [-0.2, 0) is 5.88 Å². The lowest BCUT2D eigenvalue weighted by atomic mass is 10.1. The van der Waals surface area contributed by atoms with E-state index in [4.69, 9.17) is 11.6 Å². The average Bonchev–Trinajstić information content (AvgIpc) is 2.13. The number of pyridine rings is 1. The lowest BCUT2D eigenvalue weighted by Crippen LogP contribution is -2.19. The number of halogens is 7. The summed E-state index contributed by atoms with van der Waals surface area (Å²) in [4.78, 5) is 2.75. The molecule has 0 aliphatic heterocycles. The van der Waals surface area contributed by atoms with Crippen LogP contribution in [0.4, 0.5) is 26.3 Å². The van der Waals surface area contributed by atoms with Gasteiger partial charge in [-0.1, -0.05) is 0 Å². The Balaban J connectivity index is 3.20. The first-order chi connectivity index (χ1) is 7.74. The summed E-state index contributed by atoms with van der Waals surface area (Å²) in [7, 11) is 0. The molecule has 0 spiro atoms. The minimum absolute atomic E-state index is 0.305. The second kappa shape index (κ2) is 4.99. The van der Waals surface area contributed by atoms with Gasteiger partial charge in [0.1, 0.15) is 0 Å². The van der Waals surface area contributed by atoms with E-state index in [0.29, 0.717) is 6.07 Å². The second-order valence-corrected chi connectivity index (χ2v) is 3.07. The summed E-state index contributed by atoms with van der Waals surface area (Å²) in [6.07, 6.45) is -8.32.